The minimum Gasteiger partial charge on any atom is -0.480 e. The molecule has 0 aromatic carbocycles. The molecule has 22 heavy (non-hydrogen) atoms. The summed E-state index contributed by atoms with van der Waals surface area (Å²) < 4.78 is 0. The first-order chi connectivity index (χ1) is 10.0. The van der Waals surface area contributed by atoms with Gasteiger partial charge in [0, 0.05) is 18.5 Å². The highest BCUT2D eigenvalue weighted by molar-refractivity contribution is 5.86. The number of likely N-dealkylation sites (tertiary alicyclic amines) is 1. The van der Waals surface area contributed by atoms with Crippen LogP contribution >= 0.6 is 0 Å². The van der Waals surface area contributed by atoms with E-state index in [1.54, 1.807) is 18.7 Å². The molecule has 0 bridgehead atoms. The van der Waals surface area contributed by atoms with Gasteiger partial charge in [-0.15, -0.1) is 0 Å². The van der Waals surface area contributed by atoms with Gasteiger partial charge in [-0.05, 0) is 18.8 Å². The van der Waals surface area contributed by atoms with Crippen LogP contribution in [0, 0.1) is 17.3 Å². The Labute approximate surface area is 132 Å². The van der Waals surface area contributed by atoms with Gasteiger partial charge in [0.15, 0.2) is 0 Å². The molecule has 0 saturated carbocycles. The number of piperidine rings is 1. The second-order valence-corrected chi connectivity index (χ2v) is 7.41. The lowest BCUT2D eigenvalue weighted by Crippen LogP contribution is -2.52. The number of carboxylic acid groups (broad SMARTS) is 1. The molecule has 126 valence electrons. The van der Waals surface area contributed by atoms with Crippen LogP contribution in [0.15, 0.2) is 0 Å². The zero-order valence-corrected chi connectivity index (χ0v) is 14.2. The zero-order chi connectivity index (χ0) is 17.1. The number of carbonyl (C=O) groups is 3. The van der Waals surface area contributed by atoms with Crippen LogP contribution in [-0.4, -0.2) is 46.9 Å². The van der Waals surface area contributed by atoms with Crippen molar-refractivity contribution in [1.29, 1.82) is 0 Å². The van der Waals surface area contributed by atoms with E-state index < -0.39 is 17.4 Å². The lowest BCUT2D eigenvalue weighted by molar-refractivity contribution is -0.146. The molecule has 0 aliphatic carbocycles. The van der Waals surface area contributed by atoms with Gasteiger partial charge < -0.3 is 15.3 Å². The molecule has 0 spiro atoms. The van der Waals surface area contributed by atoms with E-state index in [2.05, 4.69) is 5.32 Å². The number of amides is 2. The fraction of sp³-hybridized carbons (Fsp3) is 0.812. The maximum absolute atomic E-state index is 12.3. The summed E-state index contributed by atoms with van der Waals surface area (Å²) in [5, 5.41) is 11.8. The Morgan fingerprint density at radius 2 is 1.82 bits per heavy atom. The number of carboxylic acids is 1. The van der Waals surface area contributed by atoms with Crippen LogP contribution in [0.1, 0.15) is 47.5 Å². The monoisotopic (exact) mass is 312 g/mol. The molecule has 6 heteroatoms. The van der Waals surface area contributed by atoms with E-state index in [0.717, 1.165) is 6.42 Å². The van der Waals surface area contributed by atoms with Crippen molar-refractivity contribution in [2.75, 3.05) is 13.1 Å². The van der Waals surface area contributed by atoms with Gasteiger partial charge in [0.1, 0.15) is 6.04 Å². The second kappa shape index (κ2) is 7.11. The Bertz CT molecular complexity index is 440. The summed E-state index contributed by atoms with van der Waals surface area (Å²) in [5.41, 5.74) is -0.472. The molecule has 2 atom stereocenters. The highest BCUT2D eigenvalue weighted by Crippen LogP contribution is 2.23. The molecule has 0 radical (unpaired) electrons. The predicted octanol–water partition coefficient (Wildman–Crippen LogP) is 1.50. The smallest absolute Gasteiger partial charge is 0.326 e. The average Bonchev–Trinajstić information content (AvgIpc) is 2.42. The minimum absolute atomic E-state index is 0.0312. The molecule has 0 aromatic rings. The van der Waals surface area contributed by atoms with E-state index in [4.69, 9.17) is 5.11 Å². The molecule has 0 aromatic heterocycles. The summed E-state index contributed by atoms with van der Waals surface area (Å²) in [6.45, 7) is 10.1. The van der Waals surface area contributed by atoms with Gasteiger partial charge in [-0.2, -0.15) is 0 Å². The van der Waals surface area contributed by atoms with Crippen molar-refractivity contribution in [3.05, 3.63) is 0 Å². The van der Waals surface area contributed by atoms with Crippen LogP contribution in [0.25, 0.3) is 0 Å². The average molecular weight is 312 g/mol. The third kappa shape index (κ3) is 4.71. The van der Waals surface area contributed by atoms with E-state index in [0.29, 0.717) is 19.5 Å². The number of rotatable bonds is 4. The van der Waals surface area contributed by atoms with Crippen molar-refractivity contribution >= 4 is 17.8 Å². The number of aliphatic carboxylic acids is 1. The van der Waals surface area contributed by atoms with Gasteiger partial charge in [-0.1, -0.05) is 34.6 Å². The molecule has 1 rings (SSSR count). The summed E-state index contributed by atoms with van der Waals surface area (Å²) in [5.74, 6) is -1.78. The number of nitrogens with one attached hydrogen (secondary N) is 1. The largest absolute Gasteiger partial charge is 0.480 e. The van der Waals surface area contributed by atoms with Crippen LogP contribution in [0.2, 0.25) is 0 Å². The maximum Gasteiger partial charge on any atom is 0.326 e. The summed E-state index contributed by atoms with van der Waals surface area (Å²) in [4.78, 5) is 37.6. The van der Waals surface area contributed by atoms with Crippen molar-refractivity contribution in [1.82, 2.24) is 10.2 Å². The highest BCUT2D eigenvalue weighted by atomic mass is 16.4. The van der Waals surface area contributed by atoms with Gasteiger partial charge in [0.2, 0.25) is 11.8 Å². The molecule has 1 fully saturated rings. The third-order valence-electron chi connectivity index (χ3n) is 3.95. The molecule has 1 aliphatic rings. The van der Waals surface area contributed by atoms with Gasteiger partial charge in [0.05, 0.1) is 5.92 Å². The van der Waals surface area contributed by atoms with E-state index in [9.17, 15) is 14.4 Å². The topological polar surface area (TPSA) is 86.7 Å². The van der Waals surface area contributed by atoms with E-state index >= 15 is 0 Å². The van der Waals surface area contributed by atoms with E-state index in [1.807, 2.05) is 20.8 Å². The normalized spacial score (nSPS) is 20.6. The van der Waals surface area contributed by atoms with Crippen LogP contribution in [0.4, 0.5) is 0 Å². The Morgan fingerprint density at radius 3 is 2.27 bits per heavy atom. The van der Waals surface area contributed by atoms with Crippen LogP contribution in [-0.2, 0) is 14.4 Å². The first-order valence-electron chi connectivity index (χ1n) is 7.86. The quantitative estimate of drug-likeness (QED) is 0.823. The Kier molecular flexibility index (Phi) is 5.97. The SMILES string of the molecule is CC(C)[C@H](NC(=O)C1CCCN(C(=O)C(C)(C)C)C1)C(=O)O. The zero-order valence-electron chi connectivity index (χ0n) is 14.2. The van der Waals surface area contributed by atoms with Crippen molar-refractivity contribution in [2.24, 2.45) is 17.3 Å². The molecule has 1 unspecified atom stereocenters. The molecule has 2 amide bonds. The molecule has 1 saturated heterocycles. The second-order valence-electron chi connectivity index (χ2n) is 7.41. The standard InChI is InChI=1S/C16H28N2O4/c1-10(2)12(14(20)21)17-13(19)11-7-6-8-18(9-11)15(22)16(3,4)5/h10-12H,6-9H2,1-5H3,(H,17,19)(H,20,21)/t11?,12-/m0/s1. The van der Waals surface area contributed by atoms with Gasteiger partial charge in [-0.25, -0.2) is 4.79 Å². The predicted molar refractivity (Wildman–Crippen MR) is 83.2 cm³/mol. The van der Waals surface area contributed by atoms with Crippen LogP contribution < -0.4 is 5.32 Å². The fourth-order valence-electron chi connectivity index (χ4n) is 2.63. The van der Waals surface area contributed by atoms with Crippen molar-refractivity contribution in [3.63, 3.8) is 0 Å². The highest BCUT2D eigenvalue weighted by Gasteiger charge is 2.34. The van der Waals surface area contributed by atoms with Gasteiger partial charge in [-0.3, -0.25) is 9.59 Å². The molecule has 1 heterocycles. The Balaban J connectivity index is 2.70. The number of hydrogen-bond donors (Lipinski definition) is 2. The molecular weight excluding hydrogens is 284 g/mol. The van der Waals surface area contributed by atoms with Crippen molar-refractivity contribution < 1.29 is 19.5 Å². The summed E-state index contributed by atoms with van der Waals surface area (Å²) in [7, 11) is 0. The number of hydrogen-bond acceptors (Lipinski definition) is 3. The lowest BCUT2D eigenvalue weighted by Gasteiger charge is -2.36. The van der Waals surface area contributed by atoms with Crippen LogP contribution in [0.5, 0.6) is 0 Å². The third-order valence-corrected chi connectivity index (χ3v) is 3.95. The van der Waals surface area contributed by atoms with Crippen molar-refractivity contribution in [2.45, 2.75) is 53.5 Å². The van der Waals surface area contributed by atoms with E-state index in [-0.39, 0.29) is 23.7 Å². The van der Waals surface area contributed by atoms with Gasteiger partial charge in [0.25, 0.3) is 0 Å². The Hall–Kier alpha value is -1.59. The summed E-state index contributed by atoms with van der Waals surface area (Å²) >= 11 is 0. The molecule has 6 nitrogen and oxygen atoms in total. The fourth-order valence-corrected chi connectivity index (χ4v) is 2.63. The maximum atomic E-state index is 12.3. The van der Waals surface area contributed by atoms with Gasteiger partial charge >= 0.3 is 5.97 Å². The Morgan fingerprint density at radius 1 is 1.23 bits per heavy atom. The minimum atomic E-state index is -1.03. The lowest BCUT2D eigenvalue weighted by atomic mass is 9.90. The van der Waals surface area contributed by atoms with Crippen molar-refractivity contribution in [3.8, 4) is 0 Å². The molecule has 2 N–H and O–H groups in total. The van der Waals surface area contributed by atoms with E-state index in [1.165, 1.54) is 0 Å². The molecular formula is C16H28N2O4. The number of nitrogens with zero attached hydrogens (tertiary/aromatic N) is 1. The van der Waals surface area contributed by atoms with Crippen LogP contribution in [0.3, 0.4) is 0 Å². The first-order valence-corrected chi connectivity index (χ1v) is 7.86. The summed E-state index contributed by atoms with van der Waals surface area (Å²) in [6, 6.07) is -0.888. The molecule has 1 aliphatic heterocycles. The first kappa shape index (κ1) is 18.5. The summed E-state index contributed by atoms with van der Waals surface area (Å²) in [6.07, 6.45) is 1.45. The number of carbonyl (C=O) groups excluding carboxylic acids is 2.